The van der Waals surface area contributed by atoms with Crippen LogP contribution in [0.25, 0.3) is 11.0 Å². The lowest BCUT2D eigenvalue weighted by Crippen LogP contribution is -2.36. The van der Waals surface area contributed by atoms with Crippen LogP contribution in [0.4, 0.5) is 0 Å². The summed E-state index contributed by atoms with van der Waals surface area (Å²) in [6, 6.07) is 7.43. The molecule has 0 N–H and O–H groups in total. The average molecular weight is 394 g/mol. The van der Waals surface area contributed by atoms with Crippen molar-refractivity contribution in [3.05, 3.63) is 47.9 Å². The van der Waals surface area contributed by atoms with Crippen LogP contribution < -0.4 is 0 Å². The van der Waals surface area contributed by atoms with Gasteiger partial charge in [0.1, 0.15) is 11.3 Å². The van der Waals surface area contributed by atoms with Crippen LogP contribution in [0.3, 0.4) is 0 Å². The Kier molecular flexibility index (Phi) is 5.27. The Balaban J connectivity index is 1.40. The maximum atomic E-state index is 12.9. The minimum atomic E-state index is -0.170. The van der Waals surface area contributed by atoms with E-state index in [0.29, 0.717) is 30.7 Å². The molecule has 1 aromatic carbocycles. The molecule has 4 rings (SSSR count). The zero-order valence-corrected chi connectivity index (χ0v) is 17.1. The standard InChI is InChI=1S/C21H26N6O2/c1-21(2,3)17-13-22-18(29-17)14-26-9-6-10-27(12-11-26)20(28)19-23-15-7-4-5-8-16(15)24-25-19/h4-5,7-8,13H,6,9-12,14H2,1-3H3. The Morgan fingerprint density at radius 1 is 1.07 bits per heavy atom. The second-order valence-electron chi connectivity index (χ2n) is 8.41. The lowest BCUT2D eigenvalue weighted by atomic mass is 9.94. The molecule has 2 aromatic heterocycles. The van der Waals surface area contributed by atoms with E-state index in [-0.39, 0.29) is 17.1 Å². The van der Waals surface area contributed by atoms with Gasteiger partial charge in [-0.3, -0.25) is 9.69 Å². The van der Waals surface area contributed by atoms with Crippen molar-refractivity contribution in [2.45, 2.75) is 39.2 Å². The van der Waals surface area contributed by atoms with Crippen molar-refractivity contribution < 1.29 is 9.21 Å². The van der Waals surface area contributed by atoms with Gasteiger partial charge in [0.25, 0.3) is 5.91 Å². The van der Waals surface area contributed by atoms with Gasteiger partial charge in [-0.25, -0.2) is 9.97 Å². The molecule has 8 heteroatoms. The van der Waals surface area contributed by atoms with Gasteiger partial charge in [-0.05, 0) is 18.6 Å². The van der Waals surface area contributed by atoms with Gasteiger partial charge in [0.2, 0.25) is 11.7 Å². The summed E-state index contributed by atoms with van der Waals surface area (Å²) in [4.78, 5) is 25.8. The molecule has 1 aliphatic rings. The summed E-state index contributed by atoms with van der Waals surface area (Å²) in [5.41, 5.74) is 1.31. The smallest absolute Gasteiger partial charge is 0.293 e. The lowest BCUT2D eigenvalue weighted by molar-refractivity contribution is 0.0747. The van der Waals surface area contributed by atoms with Crippen molar-refractivity contribution in [2.75, 3.05) is 26.2 Å². The number of carbonyl (C=O) groups is 1. The molecule has 3 heterocycles. The molecule has 1 aliphatic heterocycles. The van der Waals surface area contributed by atoms with Crippen molar-refractivity contribution in [1.29, 1.82) is 0 Å². The van der Waals surface area contributed by atoms with E-state index in [2.05, 4.69) is 45.8 Å². The number of hydrogen-bond donors (Lipinski definition) is 0. The van der Waals surface area contributed by atoms with E-state index in [4.69, 9.17) is 4.42 Å². The first-order valence-corrected chi connectivity index (χ1v) is 9.96. The number of nitrogens with zero attached hydrogens (tertiary/aromatic N) is 6. The van der Waals surface area contributed by atoms with Gasteiger partial charge in [-0.15, -0.1) is 10.2 Å². The summed E-state index contributed by atoms with van der Waals surface area (Å²) in [5.74, 6) is 1.59. The summed E-state index contributed by atoms with van der Waals surface area (Å²) in [5, 5.41) is 8.16. The van der Waals surface area contributed by atoms with E-state index in [1.807, 2.05) is 35.4 Å². The monoisotopic (exact) mass is 394 g/mol. The largest absolute Gasteiger partial charge is 0.444 e. The summed E-state index contributed by atoms with van der Waals surface area (Å²) in [6.07, 6.45) is 2.69. The predicted molar refractivity (Wildman–Crippen MR) is 108 cm³/mol. The van der Waals surface area contributed by atoms with E-state index < -0.39 is 0 Å². The summed E-state index contributed by atoms with van der Waals surface area (Å²) in [7, 11) is 0. The molecule has 0 saturated carbocycles. The second kappa shape index (κ2) is 7.87. The number of benzene rings is 1. The van der Waals surface area contributed by atoms with Gasteiger partial charge in [0.05, 0.1) is 18.3 Å². The Morgan fingerprint density at radius 2 is 1.86 bits per heavy atom. The molecule has 0 spiro atoms. The third kappa shape index (κ3) is 4.42. The molecule has 1 fully saturated rings. The molecule has 3 aromatic rings. The maximum Gasteiger partial charge on any atom is 0.293 e. The van der Waals surface area contributed by atoms with Crippen LogP contribution in [-0.2, 0) is 12.0 Å². The third-order valence-electron chi connectivity index (χ3n) is 5.08. The fourth-order valence-electron chi connectivity index (χ4n) is 3.37. The summed E-state index contributed by atoms with van der Waals surface area (Å²) >= 11 is 0. The van der Waals surface area contributed by atoms with Gasteiger partial charge < -0.3 is 9.32 Å². The topological polar surface area (TPSA) is 88.3 Å². The van der Waals surface area contributed by atoms with Crippen LogP contribution in [0.5, 0.6) is 0 Å². The molecular weight excluding hydrogens is 368 g/mol. The highest BCUT2D eigenvalue weighted by Crippen LogP contribution is 2.23. The predicted octanol–water partition coefficient (Wildman–Crippen LogP) is 2.66. The van der Waals surface area contributed by atoms with Crippen molar-refractivity contribution in [1.82, 2.24) is 30.0 Å². The molecule has 8 nitrogen and oxygen atoms in total. The number of fused-ring (bicyclic) bond motifs is 1. The molecule has 152 valence electrons. The number of hydrogen-bond acceptors (Lipinski definition) is 7. The van der Waals surface area contributed by atoms with Crippen LogP contribution >= 0.6 is 0 Å². The van der Waals surface area contributed by atoms with Gasteiger partial charge in [-0.1, -0.05) is 32.9 Å². The Labute approximate surface area is 170 Å². The molecule has 0 atom stereocenters. The SMILES string of the molecule is CC(C)(C)c1cnc(CN2CCCN(C(=O)c3nnc4ccccc4n3)CC2)o1. The highest BCUT2D eigenvalue weighted by Gasteiger charge is 2.24. The van der Waals surface area contributed by atoms with E-state index in [1.165, 1.54) is 0 Å². The number of carbonyl (C=O) groups excluding carboxylic acids is 1. The number of para-hydroxylation sites is 1. The number of amides is 1. The first kappa shape index (κ1) is 19.4. The first-order chi connectivity index (χ1) is 13.9. The molecule has 29 heavy (non-hydrogen) atoms. The fraction of sp³-hybridized carbons (Fsp3) is 0.476. The third-order valence-corrected chi connectivity index (χ3v) is 5.08. The minimum Gasteiger partial charge on any atom is -0.444 e. The van der Waals surface area contributed by atoms with E-state index in [0.717, 1.165) is 31.2 Å². The van der Waals surface area contributed by atoms with Crippen molar-refractivity contribution in [3.63, 3.8) is 0 Å². The molecule has 0 bridgehead atoms. The molecule has 1 saturated heterocycles. The highest BCUT2D eigenvalue weighted by atomic mass is 16.4. The Morgan fingerprint density at radius 3 is 2.62 bits per heavy atom. The normalized spacial score (nSPS) is 16.2. The van der Waals surface area contributed by atoms with E-state index in [1.54, 1.807) is 0 Å². The minimum absolute atomic E-state index is 0.0544. The van der Waals surface area contributed by atoms with Crippen LogP contribution in [0.1, 0.15) is 49.5 Å². The maximum absolute atomic E-state index is 12.9. The lowest BCUT2D eigenvalue weighted by Gasteiger charge is -2.20. The molecule has 1 amide bonds. The fourth-order valence-corrected chi connectivity index (χ4v) is 3.37. The van der Waals surface area contributed by atoms with Crippen LogP contribution in [0.2, 0.25) is 0 Å². The average Bonchev–Trinajstić information content (AvgIpc) is 3.06. The number of oxazole rings is 1. The van der Waals surface area contributed by atoms with E-state index >= 15 is 0 Å². The van der Waals surface area contributed by atoms with Gasteiger partial charge in [0.15, 0.2) is 0 Å². The van der Waals surface area contributed by atoms with Gasteiger partial charge >= 0.3 is 0 Å². The zero-order chi connectivity index (χ0) is 20.4. The molecule has 0 aliphatic carbocycles. The second-order valence-corrected chi connectivity index (χ2v) is 8.41. The number of aromatic nitrogens is 4. The van der Waals surface area contributed by atoms with Gasteiger partial charge in [0, 0.05) is 31.6 Å². The molecule has 0 radical (unpaired) electrons. The van der Waals surface area contributed by atoms with Crippen molar-refractivity contribution >= 4 is 16.9 Å². The Bertz CT molecular complexity index is 1010. The highest BCUT2D eigenvalue weighted by molar-refractivity contribution is 5.91. The first-order valence-electron chi connectivity index (χ1n) is 9.96. The zero-order valence-electron chi connectivity index (χ0n) is 17.1. The van der Waals surface area contributed by atoms with Crippen LogP contribution in [0, 0.1) is 0 Å². The summed E-state index contributed by atoms with van der Waals surface area (Å²) < 4.78 is 5.91. The quantitative estimate of drug-likeness (QED) is 0.675. The molecule has 0 unspecified atom stereocenters. The van der Waals surface area contributed by atoms with Gasteiger partial charge in [-0.2, -0.15) is 0 Å². The molecular formula is C21H26N6O2. The van der Waals surface area contributed by atoms with Crippen molar-refractivity contribution in [2.24, 2.45) is 0 Å². The number of rotatable bonds is 3. The van der Waals surface area contributed by atoms with E-state index in [9.17, 15) is 4.79 Å². The van der Waals surface area contributed by atoms with Crippen LogP contribution in [0.15, 0.2) is 34.9 Å². The Hall–Kier alpha value is -2.87. The van der Waals surface area contributed by atoms with Crippen molar-refractivity contribution in [3.8, 4) is 0 Å². The summed E-state index contributed by atoms with van der Waals surface area (Å²) in [6.45, 7) is 9.88. The van der Waals surface area contributed by atoms with Crippen LogP contribution in [-0.4, -0.2) is 62.1 Å².